The van der Waals surface area contributed by atoms with Crippen molar-refractivity contribution in [3.05, 3.63) is 24.3 Å². The van der Waals surface area contributed by atoms with Gasteiger partial charge in [-0.2, -0.15) is 0 Å². The van der Waals surface area contributed by atoms with Crippen LogP contribution in [0, 0.1) is 0 Å². The molecule has 0 saturated heterocycles. The fourth-order valence-corrected chi connectivity index (χ4v) is 5.80. The number of hydrogen-bond donors (Lipinski definition) is 1. The Hall–Kier alpha value is -1.58. The van der Waals surface area contributed by atoms with Gasteiger partial charge in [0.05, 0.1) is 0 Å². The largest absolute Gasteiger partial charge is 0.481 e. The van der Waals surface area contributed by atoms with Crippen molar-refractivity contribution in [2.45, 2.75) is 219 Å². The van der Waals surface area contributed by atoms with Gasteiger partial charge in [-0.3, -0.25) is 9.59 Å². The van der Waals surface area contributed by atoms with Gasteiger partial charge in [-0.05, 0) is 70.6 Å². The highest BCUT2D eigenvalue weighted by Gasteiger charge is 2.14. The molecule has 4 heteroatoms. The van der Waals surface area contributed by atoms with Crippen LogP contribution in [0.2, 0.25) is 0 Å². The Morgan fingerprint density at radius 1 is 0.500 bits per heavy atom. The Morgan fingerprint density at radius 3 is 1.39 bits per heavy atom. The Morgan fingerprint density at radius 2 is 0.886 bits per heavy atom. The molecule has 0 heterocycles. The number of carbonyl (C=O) groups is 2. The highest BCUT2D eigenvalue weighted by molar-refractivity contribution is 5.69. The minimum atomic E-state index is -0.701. The zero-order chi connectivity index (χ0) is 32.2. The lowest BCUT2D eigenvalue weighted by molar-refractivity contribution is -0.150. The lowest BCUT2D eigenvalue weighted by atomic mass is 10.0. The molecular formula is C40H74O4. The molecule has 0 aliphatic rings. The summed E-state index contributed by atoms with van der Waals surface area (Å²) in [5, 5.41) is 8.80. The van der Waals surface area contributed by atoms with Gasteiger partial charge in [0.25, 0.3) is 0 Å². The van der Waals surface area contributed by atoms with Gasteiger partial charge >= 0.3 is 11.9 Å². The summed E-state index contributed by atoms with van der Waals surface area (Å²) in [6, 6.07) is 0. The van der Waals surface area contributed by atoms with E-state index in [4.69, 9.17) is 9.84 Å². The highest BCUT2D eigenvalue weighted by Crippen LogP contribution is 2.19. The summed E-state index contributed by atoms with van der Waals surface area (Å²) in [5.41, 5.74) is 0. The van der Waals surface area contributed by atoms with E-state index in [-0.39, 0.29) is 18.5 Å². The zero-order valence-corrected chi connectivity index (χ0v) is 29.5. The minimum Gasteiger partial charge on any atom is -0.481 e. The SMILES string of the molecule is CCCCC/C=C\C/C=C\CCCCCCCCCC(=O)OC(CCCCCCCCCCC)CCCCCCCC(=O)O. The molecular weight excluding hydrogens is 544 g/mol. The van der Waals surface area contributed by atoms with E-state index >= 15 is 0 Å². The second kappa shape index (κ2) is 35.9. The lowest BCUT2D eigenvalue weighted by Crippen LogP contribution is -2.18. The van der Waals surface area contributed by atoms with E-state index in [1.54, 1.807) is 0 Å². The first kappa shape index (κ1) is 42.4. The third-order valence-electron chi connectivity index (χ3n) is 8.68. The summed E-state index contributed by atoms with van der Waals surface area (Å²) in [6.45, 7) is 4.52. The second-order valence-electron chi connectivity index (χ2n) is 13.1. The molecule has 1 N–H and O–H groups in total. The Bertz CT molecular complexity index is 668. The van der Waals surface area contributed by atoms with E-state index in [0.717, 1.165) is 70.6 Å². The first-order valence-corrected chi connectivity index (χ1v) is 19.3. The van der Waals surface area contributed by atoms with Crippen molar-refractivity contribution in [2.24, 2.45) is 0 Å². The number of hydrogen-bond acceptors (Lipinski definition) is 3. The molecule has 1 unspecified atom stereocenters. The van der Waals surface area contributed by atoms with Crippen molar-refractivity contribution in [3.63, 3.8) is 0 Å². The summed E-state index contributed by atoms with van der Waals surface area (Å²) >= 11 is 0. The van der Waals surface area contributed by atoms with Crippen molar-refractivity contribution < 1.29 is 19.4 Å². The van der Waals surface area contributed by atoms with Crippen LogP contribution >= 0.6 is 0 Å². The fraction of sp³-hybridized carbons (Fsp3) is 0.850. The summed E-state index contributed by atoms with van der Waals surface area (Å²) in [4.78, 5) is 23.3. The maximum Gasteiger partial charge on any atom is 0.306 e. The molecule has 258 valence electrons. The molecule has 4 nitrogen and oxygen atoms in total. The van der Waals surface area contributed by atoms with Crippen LogP contribution in [-0.4, -0.2) is 23.1 Å². The van der Waals surface area contributed by atoms with E-state index in [1.165, 1.54) is 116 Å². The average molecular weight is 619 g/mol. The number of aliphatic carboxylic acids is 1. The van der Waals surface area contributed by atoms with Gasteiger partial charge in [0.15, 0.2) is 0 Å². The normalized spacial score (nSPS) is 12.4. The number of carboxylic acids is 1. The molecule has 44 heavy (non-hydrogen) atoms. The molecule has 0 fully saturated rings. The van der Waals surface area contributed by atoms with Crippen molar-refractivity contribution in [3.8, 4) is 0 Å². The second-order valence-corrected chi connectivity index (χ2v) is 13.1. The first-order chi connectivity index (χ1) is 21.6. The van der Waals surface area contributed by atoms with Crippen LogP contribution in [0.1, 0.15) is 213 Å². The summed E-state index contributed by atoms with van der Waals surface area (Å²) in [5.74, 6) is -0.705. The van der Waals surface area contributed by atoms with Crippen LogP contribution in [-0.2, 0) is 14.3 Å². The molecule has 0 amide bonds. The third-order valence-corrected chi connectivity index (χ3v) is 8.68. The van der Waals surface area contributed by atoms with Crippen LogP contribution in [0.3, 0.4) is 0 Å². The predicted molar refractivity (Wildman–Crippen MR) is 190 cm³/mol. The van der Waals surface area contributed by atoms with Crippen LogP contribution < -0.4 is 0 Å². The third kappa shape index (κ3) is 34.9. The number of esters is 1. The monoisotopic (exact) mass is 619 g/mol. The zero-order valence-electron chi connectivity index (χ0n) is 29.5. The molecule has 0 aliphatic heterocycles. The van der Waals surface area contributed by atoms with Gasteiger partial charge in [-0.1, -0.05) is 154 Å². The van der Waals surface area contributed by atoms with E-state index < -0.39 is 5.97 Å². The topological polar surface area (TPSA) is 63.6 Å². The van der Waals surface area contributed by atoms with Crippen LogP contribution in [0.4, 0.5) is 0 Å². The highest BCUT2D eigenvalue weighted by atomic mass is 16.5. The maximum atomic E-state index is 12.6. The van der Waals surface area contributed by atoms with Crippen molar-refractivity contribution in [1.82, 2.24) is 0 Å². The molecule has 0 spiro atoms. The van der Waals surface area contributed by atoms with Gasteiger partial charge in [0, 0.05) is 12.8 Å². The molecule has 0 aromatic heterocycles. The molecule has 0 saturated carbocycles. The fourth-order valence-electron chi connectivity index (χ4n) is 5.80. The Labute approximate surface area is 274 Å². The van der Waals surface area contributed by atoms with Crippen LogP contribution in [0.5, 0.6) is 0 Å². The smallest absolute Gasteiger partial charge is 0.306 e. The van der Waals surface area contributed by atoms with E-state index in [2.05, 4.69) is 38.2 Å². The molecule has 0 rings (SSSR count). The average Bonchev–Trinajstić information content (AvgIpc) is 3.00. The standard InChI is InChI=1S/C40H74O4/c1-3-5-7-9-11-13-14-15-16-17-18-19-20-22-24-29-33-37-40(43)44-38(35-31-27-25-28-32-36-39(41)42)34-30-26-23-21-12-10-8-6-4-2/h11,13,15-16,38H,3-10,12,14,17-37H2,1-2H3,(H,41,42)/b13-11-,16-15-. The number of rotatable bonds is 35. The Balaban J connectivity index is 3.97. The summed E-state index contributed by atoms with van der Waals surface area (Å²) in [7, 11) is 0. The van der Waals surface area contributed by atoms with Gasteiger partial charge in [0.2, 0.25) is 0 Å². The van der Waals surface area contributed by atoms with E-state index in [1.807, 2.05) is 0 Å². The number of carbonyl (C=O) groups excluding carboxylic acids is 1. The van der Waals surface area contributed by atoms with Crippen molar-refractivity contribution in [1.29, 1.82) is 0 Å². The van der Waals surface area contributed by atoms with Crippen molar-refractivity contribution >= 4 is 11.9 Å². The predicted octanol–water partition coefficient (Wildman–Crippen LogP) is 13.2. The van der Waals surface area contributed by atoms with Crippen molar-refractivity contribution in [2.75, 3.05) is 0 Å². The lowest BCUT2D eigenvalue weighted by Gasteiger charge is -2.18. The van der Waals surface area contributed by atoms with Gasteiger partial charge in [-0.25, -0.2) is 0 Å². The summed E-state index contributed by atoms with van der Waals surface area (Å²) < 4.78 is 5.98. The maximum absolute atomic E-state index is 12.6. The van der Waals surface area contributed by atoms with Crippen LogP contribution in [0.15, 0.2) is 24.3 Å². The molecule has 0 aromatic carbocycles. The molecule has 0 aromatic rings. The molecule has 0 radical (unpaired) electrons. The van der Waals surface area contributed by atoms with E-state index in [9.17, 15) is 9.59 Å². The van der Waals surface area contributed by atoms with Gasteiger partial charge < -0.3 is 9.84 Å². The van der Waals surface area contributed by atoms with Gasteiger partial charge in [-0.15, -0.1) is 0 Å². The molecule has 0 bridgehead atoms. The van der Waals surface area contributed by atoms with Gasteiger partial charge in [0.1, 0.15) is 6.10 Å². The minimum absolute atomic E-state index is 0.00465. The number of carboxylic acid groups (broad SMARTS) is 1. The molecule has 0 aliphatic carbocycles. The summed E-state index contributed by atoms with van der Waals surface area (Å²) in [6.07, 6.45) is 44.8. The van der Waals surface area contributed by atoms with Crippen LogP contribution in [0.25, 0.3) is 0 Å². The van der Waals surface area contributed by atoms with E-state index in [0.29, 0.717) is 6.42 Å². The number of ether oxygens (including phenoxy) is 1. The first-order valence-electron chi connectivity index (χ1n) is 19.3. The quantitative estimate of drug-likeness (QED) is 0.0436. The Kier molecular flexibility index (Phi) is 34.6. The molecule has 1 atom stereocenters. The number of allylic oxidation sites excluding steroid dienone is 4. The number of unbranched alkanes of at least 4 members (excludes halogenated alkanes) is 22.